The largest absolute Gasteiger partial charge is 0.444 e. The second kappa shape index (κ2) is 6.09. The van der Waals surface area contributed by atoms with Gasteiger partial charge >= 0.3 is 6.09 Å². The summed E-state index contributed by atoms with van der Waals surface area (Å²) >= 11 is 0. The van der Waals surface area contributed by atoms with E-state index in [0.717, 1.165) is 39.0 Å². The van der Waals surface area contributed by atoms with Crippen LogP contribution >= 0.6 is 0 Å². The second-order valence-electron chi connectivity index (χ2n) is 6.41. The highest BCUT2D eigenvalue weighted by molar-refractivity contribution is 5.69. The molecular weight excluding hydrogens is 244 g/mol. The van der Waals surface area contributed by atoms with Gasteiger partial charge in [-0.15, -0.1) is 0 Å². The van der Waals surface area contributed by atoms with Crippen LogP contribution in [0.1, 0.15) is 40.0 Å². The summed E-state index contributed by atoms with van der Waals surface area (Å²) in [6.07, 6.45) is 2.87. The van der Waals surface area contributed by atoms with Crippen molar-refractivity contribution in [3.63, 3.8) is 0 Å². The fraction of sp³-hybridized carbons (Fsp3) is 0.929. The zero-order chi connectivity index (χ0) is 13.9. The van der Waals surface area contributed by atoms with Crippen molar-refractivity contribution >= 4 is 6.09 Å². The van der Waals surface area contributed by atoms with Gasteiger partial charge in [-0.05, 0) is 46.6 Å². The van der Waals surface area contributed by atoms with Crippen LogP contribution in [0.15, 0.2) is 0 Å². The maximum atomic E-state index is 12.5. The molecule has 5 nitrogen and oxygen atoms in total. The van der Waals surface area contributed by atoms with Gasteiger partial charge in [0, 0.05) is 19.2 Å². The van der Waals surface area contributed by atoms with Crippen LogP contribution in [-0.4, -0.2) is 55.0 Å². The molecule has 0 spiro atoms. The van der Waals surface area contributed by atoms with Crippen LogP contribution in [0.3, 0.4) is 0 Å². The van der Waals surface area contributed by atoms with Crippen LogP contribution in [0.4, 0.5) is 4.79 Å². The van der Waals surface area contributed by atoms with Crippen LogP contribution in [0, 0.1) is 0 Å². The Morgan fingerprint density at radius 2 is 2.11 bits per heavy atom. The number of carbonyl (C=O) groups is 1. The van der Waals surface area contributed by atoms with Gasteiger partial charge in [-0.1, -0.05) is 0 Å². The van der Waals surface area contributed by atoms with E-state index in [1.54, 1.807) is 0 Å². The summed E-state index contributed by atoms with van der Waals surface area (Å²) in [6.45, 7) is 9.00. The van der Waals surface area contributed by atoms with E-state index in [9.17, 15) is 4.79 Å². The van der Waals surface area contributed by atoms with E-state index in [0.29, 0.717) is 6.61 Å². The molecule has 0 bridgehead atoms. The minimum atomic E-state index is -0.448. The number of hydrogen-bond acceptors (Lipinski definition) is 4. The molecule has 19 heavy (non-hydrogen) atoms. The Labute approximate surface area is 115 Å². The molecule has 0 aliphatic carbocycles. The number of piperidine rings is 1. The highest BCUT2D eigenvalue weighted by atomic mass is 16.6. The van der Waals surface area contributed by atoms with E-state index >= 15 is 0 Å². The molecule has 0 saturated carbocycles. The van der Waals surface area contributed by atoms with Crippen LogP contribution < -0.4 is 5.32 Å². The molecule has 0 aromatic rings. The van der Waals surface area contributed by atoms with E-state index in [2.05, 4.69) is 5.32 Å². The van der Waals surface area contributed by atoms with Crippen molar-refractivity contribution in [2.75, 3.05) is 26.3 Å². The van der Waals surface area contributed by atoms with Crippen molar-refractivity contribution in [3.8, 4) is 0 Å². The summed E-state index contributed by atoms with van der Waals surface area (Å²) in [5.74, 6) is 0. The van der Waals surface area contributed by atoms with Crippen LogP contribution in [0.5, 0.6) is 0 Å². The van der Waals surface area contributed by atoms with Crippen molar-refractivity contribution in [1.82, 2.24) is 10.2 Å². The second-order valence-corrected chi connectivity index (χ2v) is 6.41. The van der Waals surface area contributed by atoms with E-state index in [1.807, 2.05) is 25.7 Å². The summed E-state index contributed by atoms with van der Waals surface area (Å²) in [5.41, 5.74) is -0.448. The van der Waals surface area contributed by atoms with E-state index < -0.39 is 5.60 Å². The molecule has 5 heteroatoms. The maximum absolute atomic E-state index is 12.5. The molecule has 0 radical (unpaired) electrons. The van der Waals surface area contributed by atoms with Crippen molar-refractivity contribution < 1.29 is 14.3 Å². The molecule has 1 N–H and O–H groups in total. The van der Waals surface area contributed by atoms with Gasteiger partial charge in [0.25, 0.3) is 0 Å². The van der Waals surface area contributed by atoms with Gasteiger partial charge in [0.15, 0.2) is 0 Å². The average molecular weight is 270 g/mol. The first-order valence-electron chi connectivity index (χ1n) is 7.27. The van der Waals surface area contributed by atoms with Crippen molar-refractivity contribution in [1.29, 1.82) is 0 Å². The monoisotopic (exact) mass is 270 g/mol. The summed E-state index contributed by atoms with van der Waals surface area (Å²) in [5, 5.41) is 3.37. The molecule has 0 aromatic heterocycles. The molecule has 2 saturated heterocycles. The summed E-state index contributed by atoms with van der Waals surface area (Å²) in [4.78, 5) is 14.4. The molecule has 2 heterocycles. The maximum Gasteiger partial charge on any atom is 0.410 e. The molecule has 2 unspecified atom stereocenters. The third-order valence-corrected chi connectivity index (χ3v) is 3.57. The minimum Gasteiger partial charge on any atom is -0.444 e. The normalized spacial score (nSPS) is 28.2. The highest BCUT2D eigenvalue weighted by Gasteiger charge is 2.36. The summed E-state index contributed by atoms with van der Waals surface area (Å²) in [7, 11) is 0. The van der Waals surface area contributed by atoms with Crippen LogP contribution in [-0.2, 0) is 9.47 Å². The summed E-state index contributed by atoms with van der Waals surface area (Å²) < 4.78 is 11.0. The Morgan fingerprint density at radius 3 is 2.63 bits per heavy atom. The lowest BCUT2D eigenvalue weighted by molar-refractivity contribution is 0.000384. The van der Waals surface area contributed by atoms with Crippen LogP contribution in [0.2, 0.25) is 0 Å². The van der Waals surface area contributed by atoms with E-state index in [1.165, 1.54) is 0 Å². The molecule has 0 aromatic carbocycles. The van der Waals surface area contributed by atoms with Crippen LogP contribution in [0.25, 0.3) is 0 Å². The van der Waals surface area contributed by atoms with Gasteiger partial charge in [0.05, 0.1) is 12.6 Å². The molecule has 2 atom stereocenters. The van der Waals surface area contributed by atoms with Crippen molar-refractivity contribution in [3.05, 3.63) is 0 Å². The number of carbonyl (C=O) groups excluding carboxylic acids is 1. The van der Waals surface area contributed by atoms with Gasteiger partial charge in [-0.25, -0.2) is 4.79 Å². The SMILES string of the molecule is CC(C)(C)OC(=O)N(C1CCCNC1)C1CCOC1. The lowest BCUT2D eigenvalue weighted by Crippen LogP contribution is -2.54. The lowest BCUT2D eigenvalue weighted by atomic mass is 10.0. The minimum absolute atomic E-state index is 0.166. The Kier molecular flexibility index (Phi) is 4.68. The molecule has 2 fully saturated rings. The molecule has 2 rings (SSSR count). The van der Waals surface area contributed by atoms with Gasteiger partial charge in [0.1, 0.15) is 5.60 Å². The zero-order valence-corrected chi connectivity index (χ0v) is 12.3. The van der Waals surface area contributed by atoms with Crippen molar-refractivity contribution in [2.45, 2.75) is 57.7 Å². The van der Waals surface area contributed by atoms with Gasteiger partial charge < -0.3 is 14.8 Å². The number of rotatable bonds is 2. The van der Waals surface area contributed by atoms with Gasteiger partial charge in [-0.3, -0.25) is 4.90 Å². The predicted octanol–water partition coefficient (Wildman–Crippen LogP) is 1.76. The number of nitrogens with zero attached hydrogens (tertiary/aromatic N) is 1. The lowest BCUT2D eigenvalue weighted by Gasteiger charge is -2.38. The smallest absolute Gasteiger partial charge is 0.410 e. The quantitative estimate of drug-likeness (QED) is 0.831. The number of amides is 1. The average Bonchev–Trinajstić information content (AvgIpc) is 2.82. The topological polar surface area (TPSA) is 50.8 Å². The molecule has 1 amide bonds. The predicted molar refractivity (Wildman–Crippen MR) is 73.2 cm³/mol. The summed E-state index contributed by atoms with van der Waals surface area (Å²) in [6, 6.07) is 0.398. The Hall–Kier alpha value is -0.810. The van der Waals surface area contributed by atoms with Crippen molar-refractivity contribution in [2.24, 2.45) is 0 Å². The van der Waals surface area contributed by atoms with Gasteiger partial charge in [0.2, 0.25) is 0 Å². The third-order valence-electron chi connectivity index (χ3n) is 3.57. The Morgan fingerprint density at radius 1 is 1.32 bits per heavy atom. The first-order chi connectivity index (χ1) is 8.97. The van der Waals surface area contributed by atoms with E-state index in [-0.39, 0.29) is 18.2 Å². The molecule has 2 aliphatic heterocycles. The number of ether oxygens (including phenoxy) is 2. The Balaban J connectivity index is 2.06. The zero-order valence-electron chi connectivity index (χ0n) is 12.3. The number of hydrogen-bond donors (Lipinski definition) is 1. The van der Waals surface area contributed by atoms with Gasteiger partial charge in [-0.2, -0.15) is 0 Å². The first-order valence-corrected chi connectivity index (χ1v) is 7.27. The molecular formula is C14H26N2O3. The highest BCUT2D eigenvalue weighted by Crippen LogP contribution is 2.22. The fourth-order valence-electron chi connectivity index (χ4n) is 2.72. The fourth-order valence-corrected chi connectivity index (χ4v) is 2.72. The molecule has 110 valence electrons. The standard InChI is InChI=1S/C14H26N2O3/c1-14(2,3)19-13(17)16(12-6-8-18-10-12)11-5-4-7-15-9-11/h11-12,15H,4-10H2,1-3H3. The van der Waals surface area contributed by atoms with E-state index in [4.69, 9.17) is 9.47 Å². The third kappa shape index (κ3) is 4.08. The molecule has 2 aliphatic rings. The number of nitrogens with one attached hydrogen (secondary N) is 1. The first kappa shape index (κ1) is 14.6. The Bertz CT molecular complexity index is 302.